The van der Waals surface area contributed by atoms with Crippen LogP contribution in [0.25, 0.3) is 0 Å². The van der Waals surface area contributed by atoms with Crippen molar-refractivity contribution in [2.24, 2.45) is 5.84 Å². The van der Waals surface area contributed by atoms with E-state index < -0.39 is 0 Å². The molecule has 2 atom stereocenters. The first-order valence-corrected chi connectivity index (χ1v) is 6.33. The summed E-state index contributed by atoms with van der Waals surface area (Å²) in [5.74, 6) is 6.53. The van der Waals surface area contributed by atoms with Gasteiger partial charge >= 0.3 is 0 Å². The van der Waals surface area contributed by atoms with Crippen molar-refractivity contribution in [1.82, 2.24) is 5.43 Å². The van der Waals surface area contributed by atoms with E-state index in [1.54, 1.807) is 0 Å². The number of ether oxygens (including phenoxy) is 1. The van der Waals surface area contributed by atoms with Crippen LogP contribution >= 0.6 is 11.8 Å². The van der Waals surface area contributed by atoms with Gasteiger partial charge in [-0.2, -0.15) is 11.8 Å². The van der Waals surface area contributed by atoms with Crippen LogP contribution in [0.4, 0.5) is 0 Å². The number of rotatable bonds is 6. The third-order valence-electron chi connectivity index (χ3n) is 2.46. The van der Waals surface area contributed by atoms with Gasteiger partial charge in [-0.3, -0.25) is 11.3 Å². The molecule has 1 saturated heterocycles. The number of nitrogens with one attached hydrogen (secondary N) is 1. The van der Waals surface area contributed by atoms with Gasteiger partial charge in [-0.15, -0.1) is 0 Å². The van der Waals surface area contributed by atoms with Crippen molar-refractivity contribution in [3.63, 3.8) is 0 Å². The van der Waals surface area contributed by atoms with E-state index in [9.17, 15) is 0 Å². The van der Waals surface area contributed by atoms with Gasteiger partial charge in [0, 0.05) is 18.4 Å². The monoisotopic (exact) mass is 204 g/mol. The summed E-state index contributed by atoms with van der Waals surface area (Å²) >= 11 is 1.83. The highest BCUT2D eigenvalue weighted by Crippen LogP contribution is 2.18. The molecule has 0 spiro atoms. The first-order valence-electron chi connectivity index (χ1n) is 4.93. The third-order valence-corrected chi connectivity index (χ3v) is 3.20. The standard InChI is InChI=1S/C9H20N2OS/c1-13-7-8(11-10)4-5-9-3-2-6-12-9/h8-9,11H,2-7,10H2,1H3. The molecule has 1 aliphatic heterocycles. The van der Waals surface area contributed by atoms with Crippen molar-refractivity contribution >= 4 is 11.8 Å². The molecule has 1 aliphatic rings. The Kier molecular flexibility index (Phi) is 5.78. The SMILES string of the molecule is CSCC(CCC1CCCO1)NN. The molecule has 13 heavy (non-hydrogen) atoms. The number of nitrogens with two attached hydrogens (primary N) is 1. The van der Waals surface area contributed by atoms with Crippen LogP contribution < -0.4 is 11.3 Å². The average Bonchev–Trinajstić information content (AvgIpc) is 2.64. The third kappa shape index (κ3) is 4.31. The van der Waals surface area contributed by atoms with Crippen molar-refractivity contribution in [2.75, 3.05) is 18.6 Å². The van der Waals surface area contributed by atoms with Crippen LogP contribution in [0.5, 0.6) is 0 Å². The van der Waals surface area contributed by atoms with Gasteiger partial charge in [0.1, 0.15) is 0 Å². The molecule has 0 radical (unpaired) electrons. The molecular formula is C9H20N2OS. The molecule has 2 unspecified atom stereocenters. The lowest BCUT2D eigenvalue weighted by Gasteiger charge is -2.16. The molecular weight excluding hydrogens is 184 g/mol. The van der Waals surface area contributed by atoms with Crippen LogP contribution in [0.1, 0.15) is 25.7 Å². The highest BCUT2D eigenvalue weighted by Gasteiger charge is 2.16. The smallest absolute Gasteiger partial charge is 0.0576 e. The van der Waals surface area contributed by atoms with Crippen molar-refractivity contribution in [1.29, 1.82) is 0 Å². The lowest BCUT2D eigenvalue weighted by Crippen LogP contribution is -2.37. The molecule has 0 aliphatic carbocycles. The van der Waals surface area contributed by atoms with Crippen LogP contribution in [0.15, 0.2) is 0 Å². The van der Waals surface area contributed by atoms with E-state index >= 15 is 0 Å². The molecule has 3 nitrogen and oxygen atoms in total. The first-order chi connectivity index (χ1) is 6.36. The van der Waals surface area contributed by atoms with Crippen molar-refractivity contribution in [3.05, 3.63) is 0 Å². The second-order valence-corrected chi connectivity index (χ2v) is 4.44. The summed E-state index contributed by atoms with van der Waals surface area (Å²) < 4.78 is 5.55. The van der Waals surface area contributed by atoms with Gasteiger partial charge in [-0.25, -0.2) is 0 Å². The summed E-state index contributed by atoms with van der Waals surface area (Å²) in [7, 11) is 0. The Labute approximate surface area is 84.7 Å². The maximum Gasteiger partial charge on any atom is 0.0576 e. The number of hydrogen-bond acceptors (Lipinski definition) is 4. The molecule has 0 aromatic carbocycles. The first kappa shape index (κ1) is 11.3. The van der Waals surface area contributed by atoms with E-state index in [1.165, 1.54) is 12.8 Å². The van der Waals surface area contributed by atoms with Gasteiger partial charge in [0.05, 0.1) is 6.10 Å². The Morgan fingerprint density at radius 2 is 2.54 bits per heavy atom. The molecule has 78 valence electrons. The minimum atomic E-state index is 0.444. The zero-order valence-electron chi connectivity index (χ0n) is 8.29. The number of hydrazine groups is 1. The van der Waals surface area contributed by atoms with Crippen LogP contribution in [0.2, 0.25) is 0 Å². The molecule has 0 amide bonds. The van der Waals surface area contributed by atoms with Crippen molar-refractivity contribution in [2.45, 2.75) is 37.8 Å². The normalized spacial score (nSPS) is 24.9. The van der Waals surface area contributed by atoms with Gasteiger partial charge in [0.15, 0.2) is 0 Å². The summed E-state index contributed by atoms with van der Waals surface area (Å²) in [6, 6.07) is 0.444. The fourth-order valence-corrected chi connectivity index (χ4v) is 2.34. The Morgan fingerprint density at radius 1 is 1.69 bits per heavy atom. The number of hydrogen-bond donors (Lipinski definition) is 2. The topological polar surface area (TPSA) is 47.3 Å². The van der Waals surface area contributed by atoms with Crippen LogP contribution in [-0.2, 0) is 4.74 Å². The Morgan fingerprint density at radius 3 is 3.08 bits per heavy atom. The second-order valence-electron chi connectivity index (χ2n) is 3.53. The molecule has 0 saturated carbocycles. The fraction of sp³-hybridized carbons (Fsp3) is 1.00. The van der Waals surface area contributed by atoms with Gasteiger partial charge in [0.25, 0.3) is 0 Å². The summed E-state index contributed by atoms with van der Waals surface area (Å²) in [5.41, 5.74) is 2.85. The average molecular weight is 204 g/mol. The summed E-state index contributed by atoms with van der Waals surface area (Å²) in [6.07, 6.45) is 7.34. The summed E-state index contributed by atoms with van der Waals surface area (Å²) in [4.78, 5) is 0. The molecule has 0 bridgehead atoms. The van der Waals surface area contributed by atoms with E-state index in [2.05, 4.69) is 11.7 Å². The van der Waals surface area contributed by atoms with Gasteiger partial charge in [0.2, 0.25) is 0 Å². The highest BCUT2D eigenvalue weighted by atomic mass is 32.2. The van der Waals surface area contributed by atoms with Crippen molar-refractivity contribution in [3.8, 4) is 0 Å². The van der Waals surface area contributed by atoms with Crippen LogP contribution in [0, 0.1) is 0 Å². The molecule has 1 heterocycles. The van der Waals surface area contributed by atoms with Crippen LogP contribution in [-0.4, -0.2) is 30.8 Å². The summed E-state index contributed by atoms with van der Waals surface area (Å²) in [5, 5.41) is 0. The number of thioether (sulfide) groups is 1. The van der Waals surface area contributed by atoms with Gasteiger partial charge in [-0.1, -0.05) is 0 Å². The molecule has 1 fully saturated rings. The zero-order chi connectivity index (χ0) is 9.52. The second kappa shape index (κ2) is 6.65. The van der Waals surface area contributed by atoms with Gasteiger partial charge < -0.3 is 4.74 Å². The maximum atomic E-state index is 5.55. The summed E-state index contributed by atoms with van der Waals surface area (Å²) in [6.45, 7) is 0.952. The Bertz CT molecular complexity index is 129. The zero-order valence-corrected chi connectivity index (χ0v) is 9.11. The lowest BCUT2D eigenvalue weighted by atomic mass is 10.1. The Hall–Kier alpha value is 0.230. The van der Waals surface area contributed by atoms with Gasteiger partial charge in [-0.05, 0) is 31.9 Å². The molecule has 0 aromatic heterocycles. The molecule has 0 aromatic rings. The molecule has 1 rings (SSSR count). The van der Waals surface area contributed by atoms with Crippen LogP contribution in [0.3, 0.4) is 0 Å². The van der Waals surface area contributed by atoms with E-state index in [-0.39, 0.29) is 0 Å². The van der Waals surface area contributed by atoms with E-state index in [1.807, 2.05) is 11.8 Å². The quantitative estimate of drug-likeness (QED) is 0.503. The molecule has 4 heteroatoms. The molecule has 3 N–H and O–H groups in total. The maximum absolute atomic E-state index is 5.55. The highest BCUT2D eigenvalue weighted by molar-refractivity contribution is 7.98. The Balaban J connectivity index is 2.07. The largest absolute Gasteiger partial charge is 0.378 e. The minimum absolute atomic E-state index is 0.444. The lowest BCUT2D eigenvalue weighted by molar-refractivity contribution is 0.100. The predicted octanol–water partition coefficient (Wildman–Crippen LogP) is 1.14. The van der Waals surface area contributed by atoms with E-state index in [0.29, 0.717) is 12.1 Å². The van der Waals surface area contributed by atoms with E-state index in [0.717, 1.165) is 25.2 Å². The van der Waals surface area contributed by atoms with Crippen molar-refractivity contribution < 1.29 is 4.74 Å². The predicted molar refractivity (Wildman–Crippen MR) is 57.7 cm³/mol. The minimum Gasteiger partial charge on any atom is -0.378 e. The fourth-order valence-electron chi connectivity index (χ4n) is 1.68. The van der Waals surface area contributed by atoms with E-state index in [4.69, 9.17) is 10.6 Å².